The van der Waals surface area contributed by atoms with E-state index in [1.807, 2.05) is 41.8 Å². The Morgan fingerprint density at radius 2 is 1.79 bits per heavy atom. The lowest BCUT2D eigenvalue weighted by Gasteiger charge is -2.17. The molecule has 1 aromatic heterocycles. The predicted octanol–water partition coefficient (Wildman–Crippen LogP) is 2.65. The number of amides is 2. The first-order chi connectivity index (χ1) is 11.7. The van der Waals surface area contributed by atoms with Gasteiger partial charge in [-0.15, -0.1) is 11.3 Å². The van der Waals surface area contributed by atoms with Crippen molar-refractivity contribution in [2.45, 2.75) is 19.3 Å². The minimum Gasteiger partial charge on any atom is -0.372 e. The molecule has 1 fully saturated rings. The highest BCUT2D eigenvalue weighted by molar-refractivity contribution is 7.10. The van der Waals surface area contributed by atoms with Crippen LogP contribution >= 0.6 is 11.3 Å². The van der Waals surface area contributed by atoms with Gasteiger partial charge in [-0.1, -0.05) is 6.07 Å². The van der Waals surface area contributed by atoms with E-state index in [1.54, 1.807) is 0 Å². The molecular weight excluding hydrogens is 322 g/mol. The molecule has 5 nitrogen and oxygen atoms in total. The number of carbonyl (C=O) groups is 2. The molecule has 0 aliphatic carbocycles. The molecule has 0 atom stereocenters. The van der Waals surface area contributed by atoms with Gasteiger partial charge in [-0.2, -0.15) is 0 Å². The monoisotopic (exact) mass is 343 g/mol. The lowest BCUT2D eigenvalue weighted by molar-refractivity contribution is -0.123. The van der Waals surface area contributed by atoms with Gasteiger partial charge >= 0.3 is 0 Å². The van der Waals surface area contributed by atoms with Crippen LogP contribution in [0.25, 0.3) is 0 Å². The van der Waals surface area contributed by atoms with Crippen molar-refractivity contribution in [2.75, 3.05) is 29.9 Å². The molecule has 0 bridgehead atoms. The van der Waals surface area contributed by atoms with E-state index in [-0.39, 0.29) is 18.4 Å². The van der Waals surface area contributed by atoms with Gasteiger partial charge in [-0.25, -0.2) is 0 Å². The molecule has 3 rings (SSSR count). The molecule has 2 heterocycles. The van der Waals surface area contributed by atoms with Crippen molar-refractivity contribution >= 4 is 34.5 Å². The highest BCUT2D eigenvalue weighted by Gasteiger charge is 2.12. The van der Waals surface area contributed by atoms with Crippen molar-refractivity contribution in [1.82, 2.24) is 5.32 Å². The van der Waals surface area contributed by atoms with E-state index >= 15 is 0 Å². The average Bonchev–Trinajstić information content (AvgIpc) is 3.27. The predicted molar refractivity (Wildman–Crippen MR) is 97.6 cm³/mol. The number of anilines is 2. The van der Waals surface area contributed by atoms with Gasteiger partial charge in [0.05, 0.1) is 13.0 Å². The highest BCUT2D eigenvalue weighted by Crippen LogP contribution is 2.21. The maximum Gasteiger partial charge on any atom is 0.243 e. The van der Waals surface area contributed by atoms with Crippen LogP contribution in [0.4, 0.5) is 11.4 Å². The molecule has 1 aliphatic heterocycles. The van der Waals surface area contributed by atoms with Crippen molar-refractivity contribution in [1.29, 1.82) is 0 Å². The standard InChI is InChI=1S/C18H21N3O2S/c22-17(12-16-4-3-11-24-16)19-13-18(23)20-14-5-7-15(8-6-14)21-9-1-2-10-21/h3-8,11H,1-2,9-10,12-13H2,(H,19,22)(H,20,23). The fourth-order valence-corrected chi connectivity index (χ4v) is 3.45. The number of hydrogen-bond donors (Lipinski definition) is 2. The van der Waals surface area contributed by atoms with E-state index in [9.17, 15) is 9.59 Å². The third kappa shape index (κ3) is 4.58. The Morgan fingerprint density at radius 1 is 1.04 bits per heavy atom. The molecule has 1 aliphatic rings. The van der Waals surface area contributed by atoms with Gasteiger partial charge in [-0.3, -0.25) is 9.59 Å². The molecule has 0 saturated carbocycles. The van der Waals surface area contributed by atoms with Crippen LogP contribution in [0.5, 0.6) is 0 Å². The van der Waals surface area contributed by atoms with Crippen LogP contribution in [0, 0.1) is 0 Å². The Balaban J connectivity index is 1.43. The number of benzene rings is 1. The summed E-state index contributed by atoms with van der Waals surface area (Å²) in [5.74, 6) is -0.361. The Labute approximate surface area is 145 Å². The Hall–Kier alpha value is -2.34. The van der Waals surface area contributed by atoms with Crippen LogP contribution in [0.1, 0.15) is 17.7 Å². The van der Waals surface area contributed by atoms with Crippen molar-refractivity contribution in [3.05, 3.63) is 46.7 Å². The van der Waals surface area contributed by atoms with Gasteiger partial charge in [0.15, 0.2) is 0 Å². The summed E-state index contributed by atoms with van der Waals surface area (Å²) in [4.78, 5) is 27.0. The minimum atomic E-state index is -0.219. The molecule has 6 heteroatoms. The molecule has 2 N–H and O–H groups in total. The summed E-state index contributed by atoms with van der Waals surface area (Å²) in [6.07, 6.45) is 2.79. The number of rotatable bonds is 6. The first-order valence-corrected chi connectivity index (χ1v) is 9.02. The zero-order valence-corrected chi connectivity index (χ0v) is 14.3. The summed E-state index contributed by atoms with van der Waals surface area (Å²) in [6.45, 7) is 2.18. The van der Waals surface area contributed by atoms with Crippen LogP contribution in [0.15, 0.2) is 41.8 Å². The maximum absolute atomic E-state index is 11.9. The van der Waals surface area contributed by atoms with Crippen LogP contribution in [0.2, 0.25) is 0 Å². The van der Waals surface area contributed by atoms with Crippen LogP contribution < -0.4 is 15.5 Å². The third-order valence-electron chi connectivity index (χ3n) is 3.98. The molecule has 0 radical (unpaired) electrons. The van der Waals surface area contributed by atoms with Crippen molar-refractivity contribution in [3.63, 3.8) is 0 Å². The van der Waals surface area contributed by atoms with Gasteiger partial charge in [-0.05, 0) is 48.6 Å². The fraction of sp³-hybridized carbons (Fsp3) is 0.333. The lowest BCUT2D eigenvalue weighted by atomic mass is 10.2. The number of hydrogen-bond acceptors (Lipinski definition) is 4. The summed E-state index contributed by atoms with van der Waals surface area (Å²) >= 11 is 1.53. The molecule has 0 unspecified atom stereocenters. The van der Waals surface area contributed by atoms with Crippen molar-refractivity contribution in [3.8, 4) is 0 Å². The topological polar surface area (TPSA) is 61.4 Å². The first-order valence-electron chi connectivity index (χ1n) is 8.15. The number of nitrogens with one attached hydrogen (secondary N) is 2. The lowest BCUT2D eigenvalue weighted by Crippen LogP contribution is -2.33. The fourth-order valence-electron chi connectivity index (χ4n) is 2.75. The van der Waals surface area contributed by atoms with Gasteiger partial charge in [0.2, 0.25) is 11.8 Å². The first kappa shape index (κ1) is 16.5. The van der Waals surface area contributed by atoms with Gasteiger partial charge in [0, 0.05) is 29.3 Å². The maximum atomic E-state index is 11.9. The highest BCUT2D eigenvalue weighted by atomic mass is 32.1. The second kappa shape index (κ2) is 7.97. The van der Waals surface area contributed by atoms with E-state index in [4.69, 9.17) is 0 Å². The molecule has 24 heavy (non-hydrogen) atoms. The molecular formula is C18H21N3O2S. The SMILES string of the molecule is O=C(Cc1cccs1)NCC(=O)Nc1ccc(N2CCCC2)cc1. The molecule has 1 aromatic carbocycles. The molecule has 0 spiro atoms. The van der Waals surface area contributed by atoms with Gasteiger partial charge < -0.3 is 15.5 Å². The quantitative estimate of drug-likeness (QED) is 0.848. The van der Waals surface area contributed by atoms with E-state index in [0.29, 0.717) is 6.42 Å². The minimum absolute atomic E-state index is 0.0158. The molecule has 1 saturated heterocycles. The summed E-state index contributed by atoms with van der Waals surface area (Å²) in [5.41, 5.74) is 1.94. The Kier molecular flexibility index (Phi) is 5.48. The Bertz CT molecular complexity index is 677. The van der Waals surface area contributed by atoms with E-state index in [0.717, 1.165) is 23.7 Å². The zero-order valence-electron chi connectivity index (χ0n) is 13.5. The number of nitrogens with zero attached hydrogens (tertiary/aromatic N) is 1. The molecule has 126 valence electrons. The molecule has 2 aromatic rings. The zero-order chi connectivity index (χ0) is 16.8. The van der Waals surface area contributed by atoms with E-state index < -0.39 is 0 Å². The van der Waals surface area contributed by atoms with Crippen molar-refractivity contribution < 1.29 is 9.59 Å². The summed E-state index contributed by atoms with van der Waals surface area (Å²) in [7, 11) is 0. The van der Waals surface area contributed by atoms with E-state index in [2.05, 4.69) is 15.5 Å². The largest absolute Gasteiger partial charge is 0.372 e. The van der Waals surface area contributed by atoms with Crippen LogP contribution in [-0.2, 0) is 16.0 Å². The van der Waals surface area contributed by atoms with Crippen molar-refractivity contribution in [2.24, 2.45) is 0 Å². The second-order valence-corrected chi connectivity index (χ2v) is 6.85. The van der Waals surface area contributed by atoms with Crippen LogP contribution in [0.3, 0.4) is 0 Å². The number of thiophene rings is 1. The second-order valence-electron chi connectivity index (χ2n) is 5.82. The average molecular weight is 343 g/mol. The smallest absolute Gasteiger partial charge is 0.243 e. The molecule has 2 amide bonds. The summed E-state index contributed by atoms with van der Waals surface area (Å²) < 4.78 is 0. The van der Waals surface area contributed by atoms with Crippen LogP contribution in [-0.4, -0.2) is 31.4 Å². The van der Waals surface area contributed by atoms with E-state index in [1.165, 1.54) is 29.9 Å². The van der Waals surface area contributed by atoms with Gasteiger partial charge in [0.25, 0.3) is 0 Å². The number of carbonyl (C=O) groups excluding carboxylic acids is 2. The summed E-state index contributed by atoms with van der Waals surface area (Å²) in [6, 6.07) is 11.7. The Morgan fingerprint density at radius 3 is 2.46 bits per heavy atom. The third-order valence-corrected chi connectivity index (χ3v) is 4.86. The van der Waals surface area contributed by atoms with Gasteiger partial charge in [0.1, 0.15) is 0 Å². The normalized spacial score (nSPS) is 13.8. The summed E-state index contributed by atoms with van der Waals surface area (Å²) in [5, 5.41) is 7.38.